The molecular formula is C15H11ClN4O. The van der Waals surface area contributed by atoms with Gasteiger partial charge in [0.25, 0.3) is 5.95 Å². The van der Waals surface area contributed by atoms with E-state index in [0.29, 0.717) is 16.8 Å². The average Bonchev–Trinajstić information content (AvgIpc) is 2.96. The summed E-state index contributed by atoms with van der Waals surface area (Å²) in [6.45, 7) is 0. The van der Waals surface area contributed by atoms with Gasteiger partial charge in [0.05, 0.1) is 0 Å². The van der Waals surface area contributed by atoms with Crippen molar-refractivity contribution in [2.75, 3.05) is 0 Å². The van der Waals surface area contributed by atoms with E-state index in [0.717, 1.165) is 11.1 Å². The van der Waals surface area contributed by atoms with E-state index in [1.807, 2.05) is 12.1 Å². The van der Waals surface area contributed by atoms with Crippen molar-refractivity contribution in [1.82, 2.24) is 15.2 Å². The molecule has 2 aromatic carbocycles. The van der Waals surface area contributed by atoms with Gasteiger partial charge >= 0.3 is 0 Å². The van der Waals surface area contributed by atoms with Crippen LogP contribution in [-0.4, -0.2) is 26.5 Å². The van der Waals surface area contributed by atoms with Gasteiger partial charge in [-0.3, -0.25) is 5.10 Å². The second kappa shape index (κ2) is 5.76. The first kappa shape index (κ1) is 13.3. The number of aliphatic imine (C=N–C) groups is 1. The van der Waals surface area contributed by atoms with Gasteiger partial charge in [-0.05, 0) is 42.0 Å². The number of H-pyrrole nitrogens is 1. The predicted octanol–water partition coefficient (Wildman–Crippen LogP) is 3.58. The van der Waals surface area contributed by atoms with Crippen molar-refractivity contribution < 1.29 is 5.11 Å². The maximum absolute atomic E-state index is 9.21. The summed E-state index contributed by atoms with van der Waals surface area (Å²) in [5.41, 5.74) is 1.70. The van der Waals surface area contributed by atoms with Gasteiger partial charge in [0, 0.05) is 16.8 Å². The molecule has 0 aliphatic rings. The van der Waals surface area contributed by atoms with Crippen molar-refractivity contribution in [2.45, 2.75) is 0 Å². The molecule has 3 aromatic rings. The number of nitrogens with zero attached hydrogens (tertiary/aromatic N) is 3. The zero-order chi connectivity index (χ0) is 14.7. The first-order chi connectivity index (χ1) is 10.2. The van der Waals surface area contributed by atoms with Gasteiger partial charge in [0.1, 0.15) is 5.75 Å². The van der Waals surface area contributed by atoms with E-state index < -0.39 is 0 Å². The lowest BCUT2D eigenvalue weighted by molar-refractivity contribution is 0.475. The number of phenols is 1. The largest absolute Gasteiger partial charge is 0.508 e. The van der Waals surface area contributed by atoms with E-state index in [1.54, 1.807) is 42.6 Å². The van der Waals surface area contributed by atoms with Gasteiger partial charge < -0.3 is 5.11 Å². The van der Waals surface area contributed by atoms with Crippen LogP contribution in [0, 0.1) is 0 Å². The molecule has 1 aromatic heterocycles. The van der Waals surface area contributed by atoms with E-state index in [9.17, 15) is 5.11 Å². The van der Waals surface area contributed by atoms with Crippen LogP contribution in [0.25, 0.3) is 11.4 Å². The molecule has 0 aliphatic carbocycles. The summed E-state index contributed by atoms with van der Waals surface area (Å²) in [5, 5.41) is 16.7. The molecule has 0 fully saturated rings. The third-order valence-corrected chi connectivity index (χ3v) is 3.03. The highest BCUT2D eigenvalue weighted by Crippen LogP contribution is 2.20. The average molecular weight is 299 g/mol. The Bertz CT molecular complexity index is 780. The van der Waals surface area contributed by atoms with Gasteiger partial charge in [-0.1, -0.05) is 23.7 Å². The third kappa shape index (κ3) is 3.27. The number of hydrogen-bond acceptors (Lipinski definition) is 4. The highest BCUT2D eigenvalue weighted by molar-refractivity contribution is 6.30. The van der Waals surface area contributed by atoms with Crippen molar-refractivity contribution in [3.63, 3.8) is 0 Å². The molecule has 21 heavy (non-hydrogen) atoms. The molecule has 0 amide bonds. The SMILES string of the molecule is Oc1ccc(/C=N/c2n[nH]c(-c3cccc(Cl)c3)n2)cc1. The van der Waals surface area contributed by atoms with Gasteiger partial charge in [0.15, 0.2) is 5.82 Å². The maximum atomic E-state index is 9.21. The van der Waals surface area contributed by atoms with Crippen LogP contribution in [0.15, 0.2) is 53.5 Å². The lowest BCUT2D eigenvalue weighted by atomic mass is 10.2. The summed E-state index contributed by atoms with van der Waals surface area (Å²) in [7, 11) is 0. The van der Waals surface area contributed by atoms with Gasteiger partial charge in [-0.25, -0.2) is 4.99 Å². The van der Waals surface area contributed by atoms with Crippen LogP contribution in [0.5, 0.6) is 5.75 Å². The topological polar surface area (TPSA) is 74.2 Å². The van der Waals surface area contributed by atoms with E-state index >= 15 is 0 Å². The van der Waals surface area contributed by atoms with Crippen molar-refractivity contribution >= 4 is 23.8 Å². The summed E-state index contributed by atoms with van der Waals surface area (Å²) in [4.78, 5) is 8.46. The summed E-state index contributed by atoms with van der Waals surface area (Å²) in [5.74, 6) is 1.15. The quantitative estimate of drug-likeness (QED) is 0.726. The first-order valence-electron chi connectivity index (χ1n) is 6.22. The molecule has 0 atom stereocenters. The molecule has 5 nitrogen and oxygen atoms in total. The normalized spacial score (nSPS) is 11.1. The minimum atomic E-state index is 0.216. The number of halogens is 1. The van der Waals surface area contributed by atoms with Crippen LogP contribution in [-0.2, 0) is 0 Å². The first-order valence-corrected chi connectivity index (χ1v) is 6.60. The van der Waals surface area contributed by atoms with Crippen LogP contribution in [0.2, 0.25) is 5.02 Å². The van der Waals surface area contributed by atoms with Gasteiger partial charge in [-0.15, -0.1) is 5.10 Å². The minimum absolute atomic E-state index is 0.216. The Balaban J connectivity index is 1.80. The molecule has 0 spiro atoms. The molecule has 0 unspecified atom stereocenters. The highest BCUT2D eigenvalue weighted by Gasteiger charge is 2.04. The number of phenolic OH excluding ortho intramolecular Hbond substituents is 1. The second-order valence-corrected chi connectivity index (χ2v) is 4.78. The number of aromatic amines is 1. The Kier molecular flexibility index (Phi) is 3.66. The zero-order valence-corrected chi connectivity index (χ0v) is 11.6. The van der Waals surface area contributed by atoms with E-state index in [-0.39, 0.29) is 5.75 Å². The van der Waals surface area contributed by atoms with Crippen LogP contribution in [0.1, 0.15) is 5.56 Å². The summed E-state index contributed by atoms with van der Waals surface area (Å²) in [6.07, 6.45) is 1.63. The Morgan fingerprint density at radius 3 is 2.71 bits per heavy atom. The fourth-order valence-electron chi connectivity index (χ4n) is 1.77. The number of hydrogen-bond donors (Lipinski definition) is 2. The van der Waals surface area contributed by atoms with Gasteiger partial charge in [0.2, 0.25) is 0 Å². The van der Waals surface area contributed by atoms with Crippen LogP contribution in [0.3, 0.4) is 0 Å². The molecule has 0 saturated heterocycles. The predicted molar refractivity (Wildman–Crippen MR) is 82.2 cm³/mol. The van der Waals surface area contributed by atoms with E-state index in [2.05, 4.69) is 20.2 Å². The standard InChI is InChI=1S/C15H11ClN4O/c16-12-3-1-2-11(8-12)14-18-15(20-19-14)17-9-10-4-6-13(21)7-5-10/h1-9,21H,(H,18,19,20)/b17-9+. The van der Waals surface area contributed by atoms with E-state index in [4.69, 9.17) is 11.6 Å². The smallest absolute Gasteiger partial charge is 0.268 e. The maximum Gasteiger partial charge on any atom is 0.268 e. The summed E-state index contributed by atoms with van der Waals surface area (Å²) in [6, 6.07) is 14.0. The monoisotopic (exact) mass is 298 g/mol. The number of aromatic hydroxyl groups is 1. The molecule has 3 rings (SSSR count). The molecule has 2 N–H and O–H groups in total. The minimum Gasteiger partial charge on any atom is -0.508 e. The van der Waals surface area contributed by atoms with Crippen LogP contribution in [0.4, 0.5) is 5.95 Å². The van der Waals surface area contributed by atoms with Gasteiger partial charge in [-0.2, -0.15) is 4.98 Å². The highest BCUT2D eigenvalue weighted by atomic mass is 35.5. The van der Waals surface area contributed by atoms with Crippen LogP contribution < -0.4 is 0 Å². The summed E-state index contributed by atoms with van der Waals surface area (Å²) >= 11 is 5.94. The zero-order valence-electron chi connectivity index (χ0n) is 10.9. The summed E-state index contributed by atoms with van der Waals surface area (Å²) < 4.78 is 0. The van der Waals surface area contributed by atoms with Crippen molar-refractivity contribution in [3.8, 4) is 17.1 Å². The molecular weight excluding hydrogens is 288 g/mol. The third-order valence-electron chi connectivity index (χ3n) is 2.79. The fraction of sp³-hybridized carbons (Fsp3) is 0. The van der Waals surface area contributed by atoms with Crippen molar-refractivity contribution in [2.24, 2.45) is 4.99 Å². The Hall–Kier alpha value is -2.66. The lowest BCUT2D eigenvalue weighted by Crippen LogP contribution is -1.80. The molecule has 0 radical (unpaired) electrons. The Labute approximate surface area is 126 Å². The Morgan fingerprint density at radius 1 is 1.14 bits per heavy atom. The molecule has 104 valence electrons. The molecule has 1 heterocycles. The lowest BCUT2D eigenvalue weighted by Gasteiger charge is -1.95. The van der Waals surface area contributed by atoms with E-state index in [1.165, 1.54) is 0 Å². The molecule has 6 heteroatoms. The number of nitrogens with one attached hydrogen (secondary N) is 1. The van der Waals surface area contributed by atoms with Crippen molar-refractivity contribution in [3.05, 3.63) is 59.1 Å². The number of benzene rings is 2. The van der Waals surface area contributed by atoms with Crippen molar-refractivity contribution in [1.29, 1.82) is 0 Å². The second-order valence-electron chi connectivity index (χ2n) is 4.34. The number of rotatable bonds is 3. The fourth-order valence-corrected chi connectivity index (χ4v) is 1.96. The number of aromatic nitrogens is 3. The molecule has 0 bridgehead atoms. The molecule has 0 aliphatic heterocycles. The molecule has 0 saturated carbocycles. The Morgan fingerprint density at radius 2 is 1.95 bits per heavy atom. The van der Waals surface area contributed by atoms with Crippen LogP contribution >= 0.6 is 11.6 Å².